The highest BCUT2D eigenvalue weighted by Gasteiger charge is 2.13. The van der Waals surface area contributed by atoms with Gasteiger partial charge in [0.15, 0.2) is 5.16 Å². The van der Waals surface area contributed by atoms with Crippen LogP contribution in [0, 0.1) is 0 Å². The van der Waals surface area contributed by atoms with Crippen molar-refractivity contribution in [1.29, 1.82) is 0 Å². The summed E-state index contributed by atoms with van der Waals surface area (Å²) in [7, 11) is 0. The number of rotatable bonds is 2. The Morgan fingerprint density at radius 1 is 1.47 bits per heavy atom. The fourth-order valence-electron chi connectivity index (χ4n) is 1.50. The third-order valence-corrected chi connectivity index (χ3v) is 3.36. The lowest BCUT2D eigenvalue weighted by Crippen LogP contribution is -2.28. The highest BCUT2D eigenvalue weighted by atomic mass is 79.9. The molecule has 0 fully saturated rings. The zero-order valence-electron chi connectivity index (χ0n) is 8.48. The molecule has 0 unspecified atom stereocenters. The van der Waals surface area contributed by atoms with Crippen LogP contribution < -0.4 is 4.90 Å². The second-order valence-electron chi connectivity index (χ2n) is 3.23. The molecule has 0 radical (unpaired) electrons. The average molecular weight is 286 g/mol. The molecule has 1 aromatic heterocycles. The van der Waals surface area contributed by atoms with Crippen molar-refractivity contribution in [2.24, 2.45) is 0 Å². The third kappa shape index (κ3) is 2.52. The van der Waals surface area contributed by atoms with Crippen LogP contribution in [-0.2, 0) is 0 Å². The molecular weight excluding hydrogens is 274 g/mol. The summed E-state index contributed by atoms with van der Waals surface area (Å²) in [5.74, 6) is 0.999. The Labute approximate surface area is 102 Å². The lowest BCUT2D eigenvalue weighted by atomic mass is 10.2. The Morgan fingerprint density at radius 2 is 2.33 bits per heavy atom. The van der Waals surface area contributed by atoms with Crippen molar-refractivity contribution >= 4 is 33.5 Å². The summed E-state index contributed by atoms with van der Waals surface area (Å²) in [5.41, 5.74) is 0. The van der Waals surface area contributed by atoms with Crippen LogP contribution in [0.3, 0.4) is 0 Å². The van der Waals surface area contributed by atoms with E-state index < -0.39 is 0 Å². The van der Waals surface area contributed by atoms with E-state index in [4.69, 9.17) is 0 Å². The lowest BCUT2D eigenvalue weighted by molar-refractivity contribution is 0.784. The van der Waals surface area contributed by atoms with Gasteiger partial charge in [0.1, 0.15) is 5.82 Å². The third-order valence-electron chi connectivity index (χ3n) is 2.24. The van der Waals surface area contributed by atoms with E-state index in [9.17, 15) is 0 Å². The number of anilines is 1. The van der Waals surface area contributed by atoms with Gasteiger partial charge < -0.3 is 4.90 Å². The normalized spacial score (nSPS) is 15.7. The molecule has 0 N–H and O–H groups in total. The number of nitrogens with zero attached hydrogens (tertiary/aromatic N) is 3. The van der Waals surface area contributed by atoms with E-state index in [1.807, 2.05) is 12.5 Å². The first-order valence-corrected chi connectivity index (χ1v) is 6.79. The summed E-state index contributed by atoms with van der Waals surface area (Å²) >= 11 is 5.06. The molecule has 1 aliphatic rings. The zero-order valence-corrected chi connectivity index (χ0v) is 10.9. The molecular formula is C10H12BrN3S. The van der Waals surface area contributed by atoms with E-state index in [0.717, 1.165) is 35.0 Å². The molecule has 0 bridgehead atoms. The summed E-state index contributed by atoms with van der Waals surface area (Å²) in [6.45, 7) is 1.96. The summed E-state index contributed by atoms with van der Waals surface area (Å²) in [6.07, 6.45) is 9.29. The number of halogens is 1. The van der Waals surface area contributed by atoms with Gasteiger partial charge in [-0.1, -0.05) is 23.9 Å². The van der Waals surface area contributed by atoms with Gasteiger partial charge in [-0.05, 0) is 28.6 Å². The molecule has 5 heteroatoms. The van der Waals surface area contributed by atoms with Crippen LogP contribution in [0.25, 0.3) is 0 Å². The first-order valence-electron chi connectivity index (χ1n) is 4.77. The Morgan fingerprint density at radius 3 is 3.00 bits per heavy atom. The number of hydrogen-bond donors (Lipinski definition) is 0. The van der Waals surface area contributed by atoms with Gasteiger partial charge >= 0.3 is 0 Å². The lowest BCUT2D eigenvalue weighted by Gasteiger charge is -2.25. The predicted molar refractivity (Wildman–Crippen MR) is 67.5 cm³/mol. The molecule has 1 aromatic rings. The quantitative estimate of drug-likeness (QED) is 0.475. The van der Waals surface area contributed by atoms with Crippen molar-refractivity contribution in [1.82, 2.24) is 9.97 Å². The van der Waals surface area contributed by atoms with E-state index in [-0.39, 0.29) is 0 Å². The molecule has 2 rings (SSSR count). The topological polar surface area (TPSA) is 29.0 Å². The molecule has 1 aliphatic heterocycles. The van der Waals surface area contributed by atoms with E-state index >= 15 is 0 Å². The fourth-order valence-corrected chi connectivity index (χ4v) is 2.27. The number of thioether (sulfide) groups is 1. The van der Waals surface area contributed by atoms with Gasteiger partial charge in [0.2, 0.25) is 0 Å². The average Bonchev–Trinajstić information content (AvgIpc) is 2.31. The predicted octanol–water partition coefficient (Wildman–Crippen LogP) is 2.73. The molecule has 80 valence electrons. The summed E-state index contributed by atoms with van der Waals surface area (Å²) < 4.78 is 0.968. The number of aromatic nitrogens is 2. The van der Waals surface area contributed by atoms with Gasteiger partial charge in [0.25, 0.3) is 0 Å². The number of hydrogen-bond acceptors (Lipinski definition) is 4. The van der Waals surface area contributed by atoms with E-state index in [2.05, 4.69) is 42.9 Å². The van der Waals surface area contributed by atoms with Crippen LogP contribution in [-0.4, -0.2) is 29.3 Å². The monoisotopic (exact) mass is 285 g/mol. The molecule has 15 heavy (non-hydrogen) atoms. The van der Waals surface area contributed by atoms with Gasteiger partial charge in [-0.15, -0.1) is 0 Å². The van der Waals surface area contributed by atoms with Crippen molar-refractivity contribution < 1.29 is 0 Å². The maximum Gasteiger partial charge on any atom is 0.189 e. The summed E-state index contributed by atoms with van der Waals surface area (Å²) in [5, 5.41) is 0.822. The standard InChI is InChI=1S/C10H12BrN3S/c1-15-10-12-7-8(11)9(13-10)14-5-3-2-4-6-14/h2-3,7H,4-6H2,1H3. The maximum absolute atomic E-state index is 4.51. The van der Waals surface area contributed by atoms with Gasteiger partial charge in [-0.25, -0.2) is 9.97 Å². The second-order valence-corrected chi connectivity index (χ2v) is 4.86. The minimum atomic E-state index is 0.822. The molecule has 0 atom stereocenters. The van der Waals surface area contributed by atoms with Crippen molar-refractivity contribution in [3.05, 3.63) is 22.8 Å². The molecule has 0 aromatic carbocycles. The van der Waals surface area contributed by atoms with E-state index in [0.29, 0.717) is 0 Å². The van der Waals surface area contributed by atoms with Crippen LogP contribution in [0.2, 0.25) is 0 Å². The smallest absolute Gasteiger partial charge is 0.189 e. The fraction of sp³-hybridized carbons (Fsp3) is 0.400. The van der Waals surface area contributed by atoms with Crippen LogP contribution >= 0.6 is 27.7 Å². The first kappa shape index (κ1) is 11.0. The zero-order chi connectivity index (χ0) is 10.7. The van der Waals surface area contributed by atoms with Gasteiger partial charge in [-0.3, -0.25) is 0 Å². The SMILES string of the molecule is CSc1ncc(Br)c(N2CC=CCC2)n1. The molecule has 0 spiro atoms. The Hall–Kier alpha value is -0.550. The van der Waals surface area contributed by atoms with E-state index in [1.54, 1.807) is 11.8 Å². The van der Waals surface area contributed by atoms with Crippen LogP contribution in [0.1, 0.15) is 6.42 Å². The molecule has 2 heterocycles. The van der Waals surface area contributed by atoms with Crippen LogP contribution in [0.15, 0.2) is 28.0 Å². The van der Waals surface area contributed by atoms with Crippen LogP contribution in [0.4, 0.5) is 5.82 Å². The largest absolute Gasteiger partial charge is 0.352 e. The highest BCUT2D eigenvalue weighted by Crippen LogP contribution is 2.26. The highest BCUT2D eigenvalue weighted by molar-refractivity contribution is 9.10. The van der Waals surface area contributed by atoms with Gasteiger partial charge in [0, 0.05) is 19.3 Å². The van der Waals surface area contributed by atoms with Crippen LogP contribution in [0.5, 0.6) is 0 Å². The Kier molecular flexibility index (Phi) is 3.64. The van der Waals surface area contributed by atoms with Crippen molar-refractivity contribution in [3.8, 4) is 0 Å². The minimum Gasteiger partial charge on any atom is -0.352 e. The Bertz CT molecular complexity index is 381. The first-order chi connectivity index (χ1) is 7.31. The summed E-state index contributed by atoms with van der Waals surface area (Å²) in [4.78, 5) is 11.0. The van der Waals surface area contributed by atoms with Crippen molar-refractivity contribution in [2.75, 3.05) is 24.2 Å². The van der Waals surface area contributed by atoms with Gasteiger partial charge in [-0.2, -0.15) is 0 Å². The molecule has 0 amide bonds. The van der Waals surface area contributed by atoms with Gasteiger partial charge in [0.05, 0.1) is 4.47 Å². The summed E-state index contributed by atoms with van der Waals surface area (Å²) in [6, 6.07) is 0. The van der Waals surface area contributed by atoms with Crippen molar-refractivity contribution in [2.45, 2.75) is 11.6 Å². The van der Waals surface area contributed by atoms with Crippen molar-refractivity contribution in [3.63, 3.8) is 0 Å². The molecule has 3 nitrogen and oxygen atoms in total. The molecule has 0 saturated carbocycles. The molecule has 0 aliphatic carbocycles. The molecule has 0 saturated heterocycles. The minimum absolute atomic E-state index is 0.822. The van der Waals surface area contributed by atoms with E-state index in [1.165, 1.54) is 0 Å². The maximum atomic E-state index is 4.51. The second kappa shape index (κ2) is 4.99. The Balaban J connectivity index is 2.29.